The molecule has 1 aromatic carbocycles. The summed E-state index contributed by atoms with van der Waals surface area (Å²) in [5.74, 6) is 0. The topological polar surface area (TPSA) is 21.3 Å². The Morgan fingerprint density at radius 3 is 2.40 bits per heavy atom. The summed E-state index contributed by atoms with van der Waals surface area (Å²) in [5, 5.41) is 3.23. The van der Waals surface area contributed by atoms with Crippen molar-refractivity contribution in [2.24, 2.45) is 0 Å². The van der Waals surface area contributed by atoms with Crippen LogP contribution in [0.15, 0.2) is 24.3 Å². The third kappa shape index (κ3) is 4.21. The van der Waals surface area contributed by atoms with Crippen LogP contribution in [0.1, 0.15) is 37.8 Å². The van der Waals surface area contributed by atoms with Gasteiger partial charge in [-0.2, -0.15) is 13.2 Å². The molecule has 1 aromatic rings. The lowest BCUT2D eigenvalue weighted by Crippen LogP contribution is -2.29. The molecule has 20 heavy (non-hydrogen) atoms. The highest BCUT2D eigenvalue weighted by Crippen LogP contribution is 2.30. The maximum absolute atomic E-state index is 12.4. The number of ether oxygens (including phenoxy) is 1. The summed E-state index contributed by atoms with van der Waals surface area (Å²) >= 11 is 0. The summed E-state index contributed by atoms with van der Waals surface area (Å²) in [5.41, 5.74) is 0.179. The molecule has 1 fully saturated rings. The molecule has 2 nitrogen and oxygen atoms in total. The lowest BCUT2D eigenvalue weighted by Gasteiger charge is -2.19. The second-order valence-electron chi connectivity index (χ2n) is 5.86. The van der Waals surface area contributed by atoms with Crippen molar-refractivity contribution in [3.05, 3.63) is 35.4 Å². The molecule has 2 rings (SSSR count). The zero-order valence-electron chi connectivity index (χ0n) is 11.8. The number of benzene rings is 1. The van der Waals surface area contributed by atoms with Gasteiger partial charge in [0.05, 0.1) is 17.3 Å². The van der Waals surface area contributed by atoms with E-state index in [4.69, 9.17) is 4.74 Å². The van der Waals surface area contributed by atoms with Crippen LogP contribution in [0.2, 0.25) is 0 Å². The molecule has 1 atom stereocenters. The largest absolute Gasteiger partial charge is 0.416 e. The van der Waals surface area contributed by atoms with Crippen molar-refractivity contribution in [3.8, 4) is 0 Å². The number of hydrogen-bond donors (Lipinski definition) is 1. The van der Waals surface area contributed by atoms with E-state index in [0.29, 0.717) is 6.54 Å². The molecule has 1 saturated heterocycles. The third-order valence-corrected chi connectivity index (χ3v) is 3.54. The van der Waals surface area contributed by atoms with Crippen LogP contribution in [0.5, 0.6) is 0 Å². The first kappa shape index (κ1) is 15.3. The first-order chi connectivity index (χ1) is 9.26. The van der Waals surface area contributed by atoms with Crippen molar-refractivity contribution in [3.63, 3.8) is 0 Å². The van der Waals surface area contributed by atoms with Crippen molar-refractivity contribution in [1.82, 2.24) is 5.32 Å². The Bertz CT molecular complexity index is 439. The summed E-state index contributed by atoms with van der Waals surface area (Å²) < 4.78 is 43.1. The Kier molecular flexibility index (Phi) is 4.39. The molecule has 1 aliphatic rings. The average molecular weight is 287 g/mol. The van der Waals surface area contributed by atoms with Crippen LogP contribution in [0.25, 0.3) is 0 Å². The minimum atomic E-state index is -4.27. The summed E-state index contributed by atoms with van der Waals surface area (Å²) in [6.45, 7) is 5.43. The molecular formula is C15H20F3NO. The summed E-state index contributed by atoms with van der Waals surface area (Å²) in [6, 6.07) is 5.25. The van der Waals surface area contributed by atoms with Crippen molar-refractivity contribution in [2.45, 2.75) is 51.1 Å². The first-order valence-corrected chi connectivity index (χ1v) is 6.81. The Hall–Kier alpha value is -1.07. The second kappa shape index (κ2) is 5.74. The van der Waals surface area contributed by atoms with Crippen molar-refractivity contribution >= 4 is 0 Å². The predicted octanol–water partition coefficient (Wildman–Crippen LogP) is 3.75. The Morgan fingerprint density at radius 1 is 1.25 bits per heavy atom. The normalized spacial score (nSPS) is 22.1. The van der Waals surface area contributed by atoms with Crippen LogP contribution in [0.3, 0.4) is 0 Å². The molecule has 5 heteroatoms. The molecule has 1 unspecified atom stereocenters. The predicted molar refractivity (Wildman–Crippen MR) is 71.3 cm³/mol. The van der Waals surface area contributed by atoms with Crippen molar-refractivity contribution < 1.29 is 17.9 Å². The van der Waals surface area contributed by atoms with Crippen LogP contribution in [-0.4, -0.2) is 18.2 Å². The highest BCUT2D eigenvalue weighted by Gasteiger charge is 2.31. The van der Waals surface area contributed by atoms with Crippen LogP contribution in [0.4, 0.5) is 13.2 Å². The fraction of sp³-hybridized carbons (Fsp3) is 0.600. The number of hydrogen-bond acceptors (Lipinski definition) is 2. The maximum atomic E-state index is 12.4. The SMILES string of the molecule is CC1(C)CCC(CNCc2ccc(C(F)(F)F)cc2)O1. The number of rotatable bonds is 4. The second-order valence-corrected chi connectivity index (χ2v) is 5.86. The highest BCUT2D eigenvalue weighted by molar-refractivity contribution is 5.24. The van der Waals surface area contributed by atoms with Gasteiger partial charge in [0, 0.05) is 13.1 Å². The van der Waals surface area contributed by atoms with Gasteiger partial charge in [0.25, 0.3) is 0 Å². The zero-order valence-corrected chi connectivity index (χ0v) is 11.8. The minimum Gasteiger partial charge on any atom is -0.371 e. The van der Waals surface area contributed by atoms with E-state index >= 15 is 0 Å². The van der Waals surface area contributed by atoms with E-state index < -0.39 is 11.7 Å². The number of halogens is 3. The summed E-state index contributed by atoms with van der Waals surface area (Å²) in [7, 11) is 0. The monoisotopic (exact) mass is 287 g/mol. The lowest BCUT2D eigenvalue weighted by atomic mass is 10.1. The van der Waals surface area contributed by atoms with Crippen LogP contribution in [0, 0.1) is 0 Å². The number of nitrogens with one attached hydrogen (secondary N) is 1. The molecule has 0 amide bonds. The quantitative estimate of drug-likeness (QED) is 0.910. The number of alkyl halides is 3. The standard InChI is InChI=1S/C15H20F3NO/c1-14(2)8-7-13(20-14)10-19-9-11-3-5-12(6-4-11)15(16,17)18/h3-6,13,19H,7-10H2,1-2H3. The molecule has 0 radical (unpaired) electrons. The molecular weight excluding hydrogens is 267 g/mol. The van der Waals surface area contributed by atoms with Crippen LogP contribution >= 0.6 is 0 Å². The molecule has 1 aliphatic heterocycles. The van der Waals surface area contributed by atoms with E-state index in [1.807, 2.05) is 0 Å². The summed E-state index contributed by atoms with van der Waals surface area (Å²) in [4.78, 5) is 0. The smallest absolute Gasteiger partial charge is 0.371 e. The van der Waals surface area contributed by atoms with Crippen molar-refractivity contribution in [1.29, 1.82) is 0 Å². The van der Waals surface area contributed by atoms with Gasteiger partial charge in [0.15, 0.2) is 0 Å². The Labute approximate surface area is 117 Å². The van der Waals surface area contributed by atoms with E-state index in [-0.39, 0.29) is 11.7 Å². The average Bonchev–Trinajstić information content (AvgIpc) is 2.68. The minimum absolute atomic E-state index is 0.0549. The molecule has 112 valence electrons. The van der Waals surface area contributed by atoms with Crippen molar-refractivity contribution in [2.75, 3.05) is 6.54 Å². The Morgan fingerprint density at radius 2 is 1.90 bits per heavy atom. The fourth-order valence-corrected chi connectivity index (χ4v) is 2.41. The van der Waals surface area contributed by atoms with E-state index in [1.54, 1.807) is 0 Å². The van der Waals surface area contributed by atoms with Gasteiger partial charge in [-0.05, 0) is 44.4 Å². The van der Waals surface area contributed by atoms with Gasteiger partial charge in [-0.1, -0.05) is 12.1 Å². The molecule has 0 spiro atoms. The molecule has 0 aliphatic carbocycles. The van der Waals surface area contributed by atoms with E-state index in [1.165, 1.54) is 12.1 Å². The zero-order chi connectivity index (χ0) is 14.8. The van der Waals surface area contributed by atoms with Crippen LogP contribution < -0.4 is 5.32 Å². The van der Waals surface area contributed by atoms with Gasteiger partial charge in [-0.3, -0.25) is 0 Å². The van der Waals surface area contributed by atoms with Gasteiger partial charge in [0.1, 0.15) is 0 Å². The van der Waals surface area contributed by atoms with Gasteiger partial charge in [-0.25, -0.2) is 0 Å². The highest BCUT2D eigenvalue weighted by atomic mass is 19.4. The molecule has 1 heterocycles. The van der Waals surface area contributed by atoms with Gasteiger partial charge < -0.3 is 10.1 Å². The van der Waals surface area contributed by atoms with E-state index in [2.05, 4.69) is 19.2 Å². The fourth-order valence-electron chi connectivity index (χ4n) is 2.41. The molecule has 1 N–H and O–H groups in total. The Balaban J connectivity index is 1.78. The maximum Gasteiger partial charge on any atom is 0.416 e. The lowest BCUT2D eigenvalue weighted by molar-refractivity contribution is -0.137. The van der Waals surface area contributed by atoms with Crippen LogP contribution in [-0.2, 0) is 17.5 Å². The summed E-state index contributed by atoms with van der Waals surface area (Å²) in [6.07, 6.45) is -2.01. The van der Waals surface area contributed by atoms with E-state index in [9.17, 15) is 13.2 Å². The van der Waals surface area contributed by atoms with Gasteiger partial charge >= 0.3 is 6.18 Å². The van der Waals surface area contributed by atoms with Gasteiger partial charge in [0.2, 0.25) is 0 Å². The molecule has 0 bridgehead atoms. The first-order valence-electron chi connectivity index (χ1n) is 6.81. The molecule has 0 saturated carbocycles. The van der Waals surface area contributed by atoms with E-state index in [0.717, 1.165) is 37.1 Å². The molecule has 0 aromatic heterocycles. The third-order valence-electron chi connectivity index (χ3n) is 3.54. The van der Waals surface area contributed by atoms with Gasteiger partial charge in [-0.15, -0.1) is 0 Å².